The highest BCUT2D eigenvalue weighted by Gasteiger charge is 2.23. The van der Waals surface area contributed by atoms with E-state index in [0.29, 0.717) is 37.7 Å². The zero-order valence-corrected chi connectivity index (χ0v) is 28.1. The van der Waals surface area contributed by atoms with Crippen LogP contribution in [0.2, 0.25) is 0 Å². The van der Waals surface area contributed by atoms with Crippen LogP contribution in [-0.4, -0.2) is 71.4 Å². The lowest BCUT2D eigenvalue weighted by Crippen LogP contribution is -2.47. The maximum Gasteiger partial charge on any atom is 0.240 e. The predicted molar refractivity (Wildman–Crippen MR) is 195 cm³/mol. The van der Waals surface area contributed by atoms with Crippen LogP contribution < -0.4 is 11.5 Å². The molecule has 2 amide bonds. The van der Waals surface area contributed by atoms with Crippen molar-refractivity contribution in [2.45, 2.75) is 37.8 Å². The second-order valence-corrected chi connectivity index (χ2v) is 13.9. The standard InChI is InChI=1S/C38H46N4O2S2/c39-35(37(43)41(25-21-31-13-5-1-6-14-31)26-22-32-15-7-2-8-16-32)29-45-46-30-36(40)38(44)42(27-23-33-17-9-3-10-18-33)28-24-34-19-11-4-12-20-34/h1-20,35-36H,21-30,39-40H2/t35-,36?/m0/s1. The molecule has 0 fully saturated rings. The Kier molecular flexibility index (Phi) is 15.2. The first-order valence-corrected chi connectivity index (χ1v) is 18.5. The van der Waals surface area contributed by atoms with Gasteiger partial charge in [-0.1, -0.05) is 143 Å². The Bertz CT molecular complexity index is 1230. The Hall–Kier alpha value is -3.56. The molecule has 0 spiro atoms. The van der Waals surface area contributed by atoms with Crippen molar-refractivity contribution >= 4 is 33.4 Å². The van der Waals surface area contributed by atoms with E-state index in [1.807, 2.05) is 82.6 Å². The molecule has 0 saturated heterocycles. The first-order chi connectivity index (χ1) is 22.5. The van der Waals surface area contributed by atoms with Gasteiger partial charge in [-0.3, -0.25) is 9.59 Å². The molecule has 0 aliphatic carbocycles. The van der Waals surface area contributed by atoms with Crippen molar-refractivity contribution in [3.05, 3.63) is 144 Å². The van der Waals surface area contributed by atoms with Gasteiger partial charge in [0.05, 0.1) is 12.1 Å². The summed E-state index contributed by atoms with van der Waals surface area (Å²) in [6, 6.07) is 39.6. The number of hydrogen-bond acceptors (Lipinski definition) is 6. The summed E-state index contributed by atoms with van der Waals surface area (Å²) in [6.07, 6.45) is 3.10. The lowest BCUT2D eigenvalue weighted by molar-refractivity contribution is -0.132. The second-order valence-electron chi connectivity index (χ2n) is 11.4. The molecule has 4 rings (SSSR count). The van der Waals surface area contributed by atoms with Gasteiger partial charge in [-0.15, -0.1) is 0 Å². The molecular formula is C38H46N4O2S2. The van der Waals surface area contributed by atoms with Crippen molar-refractivity contribution in [2.24, 2.45) is 11.5 Å². The normalized spacial score (nSPS) is 12.3. The Morgan fingerprint density at radius 3 is 0.935 bits per heavy atom. The molecule has 0 bridgehead atoms. The molecule has 0 aromatic heterocycles. The van der Waals surface area contributed by atoms with Gasteiger partial charge in [-0.05, 0) is 47.9 Å². The molecule has 242 valence electrons. The van der Waals surface area contributed by atoms with Crippen molar-refractivity contribution in [2.75, 3.05) is 37.7 Å². The van der Waals surface area contributed by atoms with Gasteiger partial charge in [0.1, 0.15) is 0 Å². The number of nitrogens with two attached hydrogens (primary N) is 2. The first-order valence-electron chi connectivity index (χ1n) is 16.0. The number of rotatable bonds is 19. The van der Waals surface area contributed by atoms with E-state index in [-0.39, 0.29) is 11.8 Å². The average molecular weight is 655 g/mol. The Morgan fingerprint density at radius 1 is 0.457 bits per heavy atom. The van der Waals surface area contributed by atoms with Gasteiger partial charge in [0.15, 0.2) is 0 Å². The van der Waals surface area contributed by atoms with E-state index < -0.39 is 12.1 Å². The van der Waals surface area contributed by atoms with Gasteiger partial charge in [-0.2, -0.15) is 0 Å². The molecule has 6 nitrogen and oxygen atoms in total. The van der Waals surface area contributed by atoms with Crippen molar-refractivity contribution < 1.29 is 9.59 Å². The summed E-state index contributed by atoms with van der Waals surface area (Å²) in [4.78, 5) is 30.7. The highest BCUT2D eigenvalue weighted by atomic mass is 33.1. The molecule has 0 aliphatic rings. The fourth-order valence-corrected chi connectivity index (χ4v) is 7.38. The number of hydrogen-bond donors (Lipinski definition) is 2. The lowest BCUT2D eigenvalue weighted by atomic mass is 10.1. The van der Waals surface area contributed by atoms with E-state index in [9.17, 15) is 9.59 Å². The minimum atomic E-state index is -0.635. The number of benzene rings is 4. The maximum atomic E-state index is 13.5. The SMILES string of the molecule is NC(CSSC[C@H](N)C(=O)N(CCc1ccccc1)CCc1ccccc1)C(=O)N(CCc1ccccc1)CCc1ccccc1. The van der Waals surface area contributed by atoms with Crippen LogP contribution in [0.25, 0.3) is 0 Å². The van der Waals surface area contributed by atoms with E-state index in [4.69, 9.17) is 11.5 Å². The van der Waals surface area contributed by atoms with Crippen molar-refractivity contribution in [3.8, 4) is 0 Å². The fourth-order valence-electron chi connectivity index (χ4n) is 5.15. The summed E-state index contributed by atoms with van der Waals surface area (Å²) < 4.78 is 0. The summed E-state index contributed by atoms with van der Waals surface area (Å²) in [5.41, 5.74) is 17.7. The van der Waals surface area contributed by atoms with E-state index in [1.54, 1.807) is 0 Å². The van der Waals surface area contributed by atoms with Gasteiger partial charge < -0.3 is 21.3 Å². The topological polar surface area (TPSA) is 92.7 Å². The summed E-state index contributed by atoms with van der Waals surface area (Å²) >= 11 is 0. The van der Waals surface area contributed by atoms with Crippen molar-refractivity contribution in [3.63, 3.8) is 0 Å². The van der Waals surface area contributed by atoms with E-state index in [2.05, 4.69) is 48.5 Å². The maximum absolute atomic E-state index is 13.5. The molecule has 8 heteroatoms. The van der Waals surface area contributed by atoms with Crippen LogP contribution in [0.1, 0.15) is 22.3 Å². The van der Waals surface area contributed by atoms with Gasteiger partial charge in [0.25, 0.3) is 0 Å². The van der Waals surface area contributed by atoms with Crippen LogP contribution in [0, 0.1) is 0 Å². The highest BCUT2D eigenvalue weighted by Crippen LogP contribution is 2.23. The third-order valence-electron chi connectivity index (χ3n) is 7.89. The Morgan fingerprint density at radius 2 is 0.696 bits per heavy atom. The lowest BCUT2D eigenvalue weighted by Gasteiger charge is -2.27. The third-order valence-corrected chi connectivity index (χ3v) is 10.4. The number of amides is 2. The summed E-state index contributed by atoms with van der Waals surface area (Å²) in [7, 11) is 3.01. The summed E-state index contributed by atoms with van der Waals surface area (Å²) in [5.74, 6) is 0.800. The smallest absolute Gasteiger partial charge is 0.240 e. The monoisotopic (exact) mass is 654 g/mol. The molecule has 4 N–H and O–H groups in total. The zero-order valence-electron chi connectivity index (χ0n) is 26.5. The zero-order chi connectivity index (χ0) is 32.4. The minimum Gasteiger partial charge on any atom is -0.341 e. The van der Waals surface area contributed by atoms with E-state index in [0.717, 1.165) is 25.7 Å². The van der Waals surface area contributed by atoms with Gasteiger partial charge in [0.2, 0.25) is 11.8 Å². The number of nitrogens with zero attached hydrogens (tertiary/aromatic N) is 2. The van der Waals surface area contributed by atoms with Crippen LogP contribution >= 0.6 is 21.6 Å². The van der Waals surface area contributed by atoms with E-state index in [1.165, 1.54) is 43.8 Å². The van der Waals surface area contributed by atoms with Crippen molar-refractivity contribution in [1.29, 1.82) is 0 Å². The summed E-state index contributed by atoms with van der Waals surface area (Å²) in [6.45, 7) is 2.45. The Labute approximate surface area is 282 Å². The number of carbonyl (C=O) groups is 2. The van der Waals surface area contributed by atoms with Crippen LogP contribution in [0.3, 0.4) is 0 Å². The molecule has 0 saturated carbocycles. The van der Waals surface area contributed by atoms with Gasteiger partial charge in [-0.25, -0.2) is 0 Å². The van der Waals surface area contributed by atoms with Crippen molar-refractivity contribution in [1.82, 2.24) is 9.80 Å². The summed E-state index contributed by atoms with van der Waals surface area (Å²) in [5, 5.41) is 0. The highest BCUT2D eigenvalue weighted by molar-refractivity contribution is 8.76. The van der Waals surface area contributed by atoms with Crippen LogP contribution in [0.15, 0.2) is 121 Å². The second kappa shape index (κ2) is 19.8. The molecule has 46 heavy (non-hydrogen) atoms. The molecule has 0 aliphatic heterocycles. The molecule has 0 heterocycles. The number of carbonyl (C=O) groups excluding carboxylic acids is 2. The van der Waals surface area contributed by atoms with Gasteiger partial charge >= 0.3 is 0 Å². The average Bonchev–Trinajstić information content (AvgIpc) is 3.11. The van der Waals surface area contributed by atoms with Crippen LogP contribution in [0.4, 0.5) is 0 Å². The quantitative estimate of drug-likeness (QED) is 0.100. The largest absolute Gasteiger partial charge is 0.341 e. The predicted octanol–water partition coefficient (Wildman–Crippen LogP) is 5.65. The molecular weight excluding hydrogens is 609 g/mol. The van der Waals surface area contributed by atoms with E-state index >= 15 is 0 Å². The molecule has 0 radical (unpaired) electrons. The van der Waals surface area contributed by atoms with Crippen LogP contribution in [-0.2, 0) is 35.3 Å². The molecule has 1 unspecified atom stereocenters. The molecule has 2 atom stereocenters. The van der Waals surface area contributed by atoms with Crippen LogP contribution in [0.5, 0.6) is 0 Å². The fraction of sp³-hybridized carbons (Fsp3) is 0.316. The molecule has 4 aromatic carbocycles. The molecule has 4 aromatic rings. The van der Waals surface area contributed by atoms with Gasteiger partial charge in [0, 0.05) is 37.7 Å². The Balaban J connectivity index is 1.26. The minimum absolute atomic E-state index is 0.0478. The third kappa shape index (κ3) is 12.3. The first kappa shape index (κ1) is 35.3.